The molecule has 0 aliphatic carbocycles. The van der Waals surface area contributed by atoms with Gasteiger partial charge in [0.15, 0.2) is 11.4 Å². The number of ether oxygens (including phenoxy) is 1. The molecule has 0 bridgehead atoms. The highest BCUT2D eigenvalue weighted by Crippen LogP contribution is 2.41. The van der Waals surface area contributed by atoms with Crippen LogP contribution in [-0.4, -0.2) is 38.4 Å². The summed E-state index contributed by atoms with van der Waals surface area (Å²) in [5.41, 5.74) is 7.24. The van der Waals surface area contributed by atoms with Gasteiger partial charge in [0.05, 0.1) is 13.2 Å². The number of imide groups is 1. The number of fused-ring (bicyclic) bond motifs is 2. The Bertz CT molecular complexity index is 1210. The van der Waals surface area contributed by atoms with Crippen molar-refractivity contribution in [2.45, 2.75) is 25.4 Å². The molecule has 2 aliphatic rings. The second-order valence-electron chi connectivity index (χ2n) is 7.75. The summed E-state index contributed by atoms with van der Waals surface area (Å²) in [7, 11) is 0. The second kappa shape index (κ2) is 7.49. The normalized spacial score (nSPS) is 19.5. The van der Waals surface area contributed by atoms with E-state index >= 15 is 0 Å². The second-order valence-corrected chi connectivity index (χ2v) is 7.75. The van der Waals surface area contributed by atoms with Crippen molar-refractivity contribution >= 4 is 29.5 Å². The van der Waals surface area contributed by atoms with Gasteiger partial charge in [0, 0.05) is 17.7 Å². The molecule has 0 radical (unpaired) electrons. The number of hydrogen-bond donors (Lipinski definition) is 3. The summed E-state index contributed by atoms with van der Waals surface area (Å²) in [6, 6.07) is 14.4. The molecule has 1 aromatic heterocycles. The van der Waals surface area contributed by atoms with E-state index in [4.69, 9.17) is 10.5 Å². The van der Waals surface area contributed by atoms with E-state index in [-0.39, 0.29) is 30.2 Å². The number of hydrogen-bond acceptors (Lipinski definition) is 8. The predicted molar refractivity (Wildman–Crippen MR) is 116 cm³/mol. The van der Waals surface area contributed by atoms with E-state index in [1.165, 1.54) is 0 Å². The minimum atomic E-state index is -1.16. The number of nitrogens with two attached hydrogens (primary N) is 1. The number of aromatic nitrogens is 3. The Balaban J connectivity index is 1.41. The molecule has 10 nitrogen and oxygen atoms in total. The lowest BCUT2D eigenvalue weighted by Crippen LogP contribution is -2.47. The zero-order valence-electron chi connectivity index (χ0n) is 17.3. The number of carbonyl (C=O) groups excluding carboxylic acids is 2. The molecule has 1 fully saturated rings. The summed E-state index contributed by atoms with van der Waals surface area (Å²) in [6.45, 7) is 2.18. The number of nitrogens with one attached hydrogen (secondary N) is 2. The molecule has 5 rings (SSSR count). The number of carbonyl (C=O) groups is 2. The van der Waals surface area contributed by atoms with Crippen LogP contribution in [-0.2, 0) is 16.9 Å². The van der Waals surface area contributed by atoms with Crippen LogP contribution in [0.2, 0.25) is 0 Å². The number of amides is 3. The molecule has 3 aromatic rings. The number of anilines is 3. The zero-order chi connectivity index (χ0) is 22.3. The molecular weight excluding hydrogens is 410 g/mol. The Morgan fingerprint density at radius 1 is 1.12 bits per heavy atom. The maximum absolute atomic E-state index is 13.4. The van der Waals surface area contributed by atoms with Gasteiger partial charge in [-0.15, -0.1) is 0 Å². The smallest absolute Gasteiger partial charge is 0.325 e. The Kier molecular flexibility index (Phi) is 4.62. The van der Waals surface area contributed by atoms with Gasteiger partial charge in [-0.25, -0.2) is 4.79 Å². The number of urea groups is 1. The summed E-state index contributed by atoms with van der Waals surface area (Å²) in [5.74, 6) is 0.638. The maximum atomic E-state index is 13.4. The van der Waals surface area contributed by atoms with Crippen molar-refractivity contribution in [1.82, 2.24) is 25.2 Å². The molecule has 1 atom stereocenters. The average molecular weight is 431 g/mol. The molecule has 2 aliphatic heterocycles. The molecule has 0 unspecified atom stereocenters. The van der Waals surface area contributed by atoms with Crippen molar-refractivity contribution in [3.63, 3.8) is 0 Å². The van der Waals surface area contributed by atoms with Crippen LogP contribution in [0, 0.1) is 6.92 Å². The van der Waals surface area contributed by atoms with Crippen LogP contribution in [0.25, 0.3) is 0 Å². The first-order valence-electron chi connectivity index (χ1n) is 10.2. The predicted octanol–water partition coefficient (Wildman–Crippen LogP) is 2.24. The van der Waals surface area contributed by atoms with E-state index in [0.29, 0.717) is 24.3 Å². The first-order chi connectivity index (χ1) is 15.4. The number of para-hydroxylation sites is 1. The molecule has 2 aromatic carbocycles. The highest BCUT2D eigenvalue weighted by Gasteiger charge is 2.54. The first-order valence-corrected chi connectivity index (χ1v) is 10.2. The Hall–Kier alpha value is -4.21. The third kappa shape index (κ3) is 3.35. The van der Waals surface area contributed by atoms with Crippen LogP contribution in [0.3, 0.4) is 0 Å². The van der Waals surface area contributed by atoms with E-state index in [0.717, 1.165) is 16.2 Å². The van der Waals surface area contributed by atoms with Gasteiger partial charge in [0.1, 0.15) is 5.75 Å². The third-order valence-electron chi connectivity index (χ3n) is 5.56. The van der Waals surface area contributed by atoms with Gasteiger partial charge in [-0.2, -0.15) is 15.0 Å². The minimum Gasteiger partial charge on any atom is -0.493 e. The quantitative estimate of drug-likeness (QED) is 0.535. The lowest BCUT2D eigenvalue weighted by Gasteiger charge is -2.33. The fourth-order valence-corrected chi connectivity index (χ4v) is 3.99. The molecular formula is C22H21N7O3. The Morgan fingerprint density at radius 3 is 2.72 bits per heavy atom. The maximum Gasteiger partial charge on any atom is 0.325 e. The summed E-state index contributed by atoms with van der Waals surface area (Å²) < 4.78 is 5.66. The highest BCUT2D eigenvalue weighted by atomic mass is 16.5. The molecule has 3 heterocycles. The van der Waals surface area contributed by atoms with Gasteiger partial charge in [-0.3, -0.25) is 9.69 Å². The number of nitrogens with zero attached hydrogens (tertiary/aromatic N) is 4. The van der Waals surface area contributed by atoms with Gasteiger partial charge in [0.25, 0.3) is 5.91 Å². The average Bonchev–Trinajstić information content (AvgIpc) is 3.00. The number of aryl methyl sites for hydroxylation is 1. The van der Waals surface area contributed by atoms with Crippen molar-refractivity contribution in [2.75, 3.05) is 17.7 Å². The largest absolute Gasteiger partial charge is 0.493 e. The summed E-state index contributed by atoms with van der Waals surface area (Å²) in [6.07, 6.45) is 0.338. The Labute approximate surface area is 183 Å². The van der Waals surface area contributed by atoms with Gasteiger partial charge in [-0.1, -0.05) is 35.9 Å². The first kappa shape index (κ1) is 19.7. The van der Waals surface area contributed by atoms with Gasteiger partial charge >= 0.3 is 6.03 Å². The van der Waals surface area contributed by atoms with Crippen LogP contribution in [0.15, 0.2) is 48.5 Å². The Morgan fingerprint density at radius 2 is 1.91 bits per heavy atom. The van der Waals surface area contributed by atoms with E-state index in [1.807, 2.05) is 43.3 Å². The van der Waals surface area contributed by atoms with E-state index in [2.05, 4.69) is 25.6 Å². The molecule has 162 valence electrons. The van der Waals surface area contributed by atoms with Crippen LogP contribution in [0.5, 0.6) is 5.75 Å². The van der Waals surface area contributed by atoms with Crippen molar-refractivity contribution in [2.24, 2.45) is 0 Å². The van der Waals surface area contributed by atoms with Crippen LogP contribution < -0.4 is 21.1 Å². The SMILES string of the molecule is Cc1ccc(Nc2nc(N)nc(CN3C(=O)N[C@]4(CCOc5ccccc54)C3=O)n2)cc1. The van der Waals surface area contributed by atoms with Crippen LogP contribution in [0.1, 0.15) is 23.4 Å². The molecule has 1 saturated heterocycles. The van der Waals surface area contributed by atoms with Gasteiger partial charge in [-0.05, 0) is 25.1 Å². The number of benzene rings is 2. The molecule has 10 heteroatoms. The topological polar surface area (TPSA) is 135 Å². The van der Waals surface area contributed by atoms with E-state index in [1.54, 1.807) is 12.1 Å². The molecule has 32 heavy (non-hydrogen) atoms. The molecule has 1 spiro atoms. The zero-order valence-corrected chi connectivity index (χ0v) is 17.3. The molecule has 3 amide bonds. The van der Waals surface area contributed by atoms with Crippen LogP contribution in [0.4, 0.5) is 22.4 Å². The van der Waals surface area contributed by atoms with Crippen molar-refractivity contribution < 1.29 is 14.3 Å². The van der Waals surface area contributed by atoms with Crippen molar-refractivity contribution in [3.8, 4) is 5.75 Å². The number of rotatable bonds is 4. The number of nitrogen functional groups attached to an aromatic ring is 1. The van der Waals surface area contributed by atoms with E-state index < -0.39 is 11.6 Å². The fourth-order valence-electron chi connectivity index (χ4n) is 3.99. The molecule has 0 saturated carbocycles. The lowest BCUT2D eigenvalue weighted by molar-refractivity contribution is -0.133. The summed E-state index contributed by atoms with van der Waals surface area (Å²) in [4.78, 5) is 39.9. The lowest BCUT2D eigenvalue weighted by atomic mass is 9.84. The molecule has 4 N–H and O–H groups in total. The monoisotopic (exact) mass is 431 g/mol. The fraction of sp³-hybridized carbons (Fsp3) is 0.227. The standard InChI is InChI=1S/C22H21N7O3/c1-13-6-8-14(9-7-13)24-20-26-17(25-19(23)27-20)12-29-18(30)22(28-21(29)31)10-11-32-16-5-3-2-4-15(16)22/h2-9H,10-12H2,1H3,(H,28,31)(H3,23,24,25,26,27)/t22-/m0/s1. The highest BCUT2D eigenvalue weighted by molar-refractivity contribution is 6.07. The van der Waals surface area contributed by atoms with E-state index in [9.17, 15) is 9.59 Å². The summed E-state index contributed by atoms with van der Waals surface area (Å²) >= 11 is 0. The van der Waals surface area contributed by atoms with Crippen LogP contribution >= 0.6 is 0 Å². The van der Waals surface area contributed by atoms with Gasteiger partial charge < -0.3 is 21.1 Å². The summed E-state index contributed by atoms with van der Waals surface area (Å²) in [5, 5.41) is 5.93. The minimum absolute atomic E-state index is 0.0113. The van der Waals surface area contributed by atoms with Crippen molar-refractivity contribution in [1.29, 1.82) is 0 Å². The third-order valence-corrected chi connectivity index (χ3v) is 5.56. The van der Waals surface area contributed by atoms with Crippen molar-refractivity contribution in [3.05, 3.63) is 65.5 Å². The van der Waals surface area contributed by atoms with Gasteiger partial charge in [0.2, 0.25) is 11.9 Å².